The topological polar surface area (TPSA) is 71.1 Å². The SMILES string of the molecule is C[C@H](C(=O)Nc1ccc2ccccc2c1)N1CCN(C(=O)[C@@H]2COc3ccccc3O2)CC1. The molecule has 0 unspecified atom stereocenters. The van der Waals surface area contributed by atoms with Gasteiger partial charge in [-0.1, -0.05) is 42.5 Å². The third-order valence-electron chi connectivity index (χ3n) is 6.35. The maximum atomic E-state index is 12.9. The molecule has 2 amide bonds. The molecule has 1 fully saturated rings. The number of amides is 2. The van der Waals surface area contributed by atoms with Gasteiger partial charge in [0.2, 0.25) is 12.0 Å². The zero-order valence-corrected chi connectivity index (χ0v) is 18.6. The molecule has 0 spiro atoms. The molecule has 2 atom stereocenters. The Labute approximate surface area is 192 Å². The summed E-state index contributed by atoms with van der Waals surface area (Å²) in [6, 6.07) is 21.1. The van der Waals surface area contributed by atoms with Crippen LogP contribution < -0.4 is 14.8 Å². The van der Waals surface area contributed by atoms with Crippen LogP contribution in [0.5, 0.6) is 11.5 Å². The molecule has 0 radical (unpaired) electrons. The number of hydrogen-bond acceptors (Lipinski definition) is 5. The number of rotatable bonds is 4. The van der Waals surface area contributed by atoms with Crippen LogP contribution in [0.15, 0.2) is 66.7 Å². The zero-order valence-electron chi connectivity index (χ0n) is 18.6. The minimum atomic E-state index is -0.639. The van der Waals surface area contributed by atoms with Gasteiger partial charge in [0.05, 0.1) is 6.04 Å². The molecule has 5 rings (SSSR count). The number of anilines is 1. The van der Waals surface area contributed by atoms with Crippen LogP contribution >= 0.6 is 0 Å². The molecular weight excluding hydrogens is 418 g/mol. The average molecular weight is 446 g/mol. The van der Waals surface area contributed by atoms with Gasteiger partial charge >= 0.3 is 0 Å². The highest BCUT2D eigenvalue weighted by Gasteiger charge is 2.34. The number of carbonyl (C=O) groups excluding carboxylic acids is 2. The Morgan fingerprint density at radius 2 is 1.61 bits per heavy atom. The molecule has 1 saturated heterocycles. The van der Waals surface area contributed by atoms with Gasteiger partial charge in [-0.05, 0) is 42.0 Å². The first-order chi connectivity index (χ1) is 16.1. The molecule has 7 nitrogen and oxygen atoms in total. The first-order valence-corrected chi connectivity index (χ1v) is 11.3. The summed E-state index contributed by atoms with van der Waals surface area (Å²) in [4.78, 5) is 29.7. The fourth-order valence-corrected chi connectivity index (χ4v) is 4.35. The number of nitrogens with one attached hydrogen (secondary N) is 1. The normalized spacial score (nSPS) is 19.2. The van der Waals surface area contributed by atoms with Crippen LogP contribution in [0.3, 0.4) is 0 Å². The lowest BCUT2D eigenvalue weighted by atomic mass is 10.1. The Morgan fingerprint density at radius 3 is 2.39 bits per heavy atom. The van der Waals surface area contributed by atoms with Crippen LogP contribution in [0.1, 0.15) is 6.92 Å². The summed E-state index contributed by atoms with van der Waals surface area (Å²) in [5.74, 6) is 1.14. The van der Waals surface area contributed by atoms with Crippen molar-refractivity contribution in [1.29, 1.82) is 0 Å². The van der Waals surface area contributed by atoms with Crippen molar-refractivity contribution in [3.05, 3.63) is 66.7 Å². The fourth-order valence-electron chi connectivity index (χ4n) is 4.35. The third kappa shape index (κ3) is 4.50. The second kappa shape index (κ2) is 9.11. The molecule has 0 bridgehead atoms. The summed E-state index contributed by atoms with van der Waals surface area (Å²) in [6.45, 7) is 4.47. The van der Waals surface area contributed by atoms with E-state index in [2.05, 4.69) is 10.2 Å². The summed E-state index contributed by atoms with van der Waals surface area (Å²) in [5, 5.41) is 5.26. The fraction of sp³-hybridized carbons (Fsp3) is 0.308. The quantitative estimate of drug-likeness (QED) is 0.668. The molecule has 2 aliphatic rings. The van der Waals surface area contributed by atoms with Crippen molar-refractivity contribution in [3.8, 4) is 11.5 Å². The number of ether oxygens (including phenoxy) is 2. The van der Waals surface area contributed by atoms with Gasteiger partial charge in [0.15, 0.2) is 11.5 Å². The molecule has 33 heavy (non-hydrogen) atoms. The molecule has 3 aromatic rings. The van der Waals surface area contributed by atoms with Gasteiger partial charge < -0.3 is 19.7 Å². The highest BCUT2D eigenvalue weighted by molar-refractivity contribution is 5.97. The van der Waals surface area contributed by atoms with E-state index in [-0.39, 0.29) is 24.5 Å². The molecular formula is C26H27N3O4. The lowest BCUT2D eigenvalue weighted by Crippen LogP contribution is -2.57. The largest absolute Gasteiger partial charge is 0.485 e. The second-order valence-electron chi connectivity index (χ2n) is 8.45. The molecule has 3 aromatic carbocycles. The van der Waals surface area contributed by atoms with Crippen LogP contribution in [-0.2, 0) is 9.59 Å². The smallest absolute Gasteiger partial charge is 0.267 e. The van der Waals surface area contributed by atoms with E-state index in [4.69, 9.17) is 9.47 Å². The number of piperazine rings is 1. The Hall–Kier alpha value is -3.58. The molecule has 2 heterocycles. The van der Waals surface area contributed by atoms with Crippen molar-refractivity contribution in [2.24, 2.45) is 0 Å². The van der Waals surface area contributed by atoms with Crippen molar-refractivity contribution >= 4 is 28.3 Å². The van der Waals surface area contributed by atoms with Gasteiger partial charge in [-0.3, -0.25) is 14.5 Å². The lowest BCUT2D eigenvalue weighted by molar-refractivity contribution is -0.143. The summed E-state index contributed by atoms with van der Waals surface area (Å²) in [5.41, 5.74) is 0.786. The molecule has 1 N–H and O–H groups in total. The Kier molecular flexibility index (Phi) is 5.88. The van der Waals surface area contributed by atoms with E-state index < -0.39 is 6.10 Å². The lowest BCUT2D eigenvalue weighted by Gasteiger charge is -2.39. The molecule has 0 aromatic heterocycles. The van der Waals surface area contributed by atoms with E-state index in [9.17, 15) is 9.59 Å². The minimum Gasteiger partial charge on any atom is -0.485 e. The average Bonchev–Trinajstić information content (AvgIpc) is 2.87. The Morgan fingerprint density at radius 1 is 0.909 bits per heavy atom. The van der Waals surface area contributed by atoms with Crippen LogP contribution in [0.4, 0.5) is 5.69 Å². The summed E-state index contributed by atoms with van der Waals surface area (Å²) < 4.78 is 11.5. The molecule has 170 valence electrons. The first kappa shape index (κ1) is 21.3. The van der Waals surface area contributed by atoms with Gasteiger partial charge in [-0.25, -0.2) is 0 Å². The van der Waals surface area contributed by atoms with Crippen molar-refractivity contribution in [1.82, 2.24) is 9.80 Å². The van der Waals surface area contributed by atoms with E-state index in [1.807, 2.05) is 73.7 Å². The van der Waals surface area contributed by atoms with Crippen molar-refractivity contribution < 1.29 is 19.1 Å². The van der Waals surface area contributed by atoms with Gasteiger partial charge in [-0.2, -0.15) is 0 Å². The predicted octanol–water partition coefficient (Wildman–Crippen LogP) is 3.15. The first-order valence-electron chi connectivity index (χ1n) is 11.3. The maximum absolute atomic E-state index is 12.9. The van der Waals surface area contributed by atoms with Gasteiger partial charge in [0.25, 0.3) is 5.91 Å². The number of hydrogen-bond donors (Lipinski definition) is 1. The minimum absolute atomic E-state index is 0.0503. The molecule has 7 heteroatoms. The third-order valence-corrected chi connectivity index (χ3v) is 6.35. The highest BCUT2D eigenvalue weighted by Crippen LogP contribution is 2.31. The predicted molar refractivity (Wildman–Crippen MR) is 127 cm³/mol. The van der Waals surface area contributed by atoms with Gasteiger partial charge in [0.1, 0.15) is 6.61 Å². The molecule has 2 aliphatic heterocycles. The number of benzene rings is 3. The van der Waals surface area contributed by atoms with Crippen LogP contribution in [0.25, 0.3) is 10.8 Å². The standard InChI is InChI=1S/C26H27N3O4/c1-18(25(30)27-21-11-10-19-6-2-3-7-20(19)16-21)28-12-14-29(15-13-28)26(31)24-17-32-22-8-4-5-9-23(22)33-24/h2-11,16,18,24H,12-15,17H2,1H3,(H,27,30)/t18-,24+/m1/s1. The van der Waals surface area contributed by atoms with E-state index in [1.165, 1.54) is 0 Å². The number of nitrogens with zero attached hydrogens (tertiary/aromatic N) is 2. The maximum Gasteiger partial charge on any atom is 0.267 e. The van der Waals surface area contributed by atoms with Gasteiger partial charge in [0, 0.05) is 31.9 Å². The van der Waals surface area contributed by atoms with Crippen molar-refractivity contribution in [3.63, 3.8) is 0 Å². The highest BCUT2D eigenvalue weighted by atomic mass is 16.6. The second-order valence-corrected chi connectivity index (χ2v) is 8.45. The van der Waals surface area contributed by atoms with Crippen LogP contribution in [0, 0.1) is 0 Å². The van der Waals surface area contributed by atoms with E-state index in [1.54, 1.807) is 4.90 Å². The summed E-state index contributed by atoms with van der Waals surface area (Å²) in [6.07, 6.45) is -0.639. The monoisotopic (exact) mass is 445 g/mol. The van der Waals surface area contributed by atoms with Crippen LogP contribution in [0.2, 0.25) is 0 Å². The van der Waals surface area contributed by atoms with Crippen molar-refractivity contribution in [2.45, 2.75) is 19.1 Å². The number of fused-ring (bicyclic) bond motifs is 2. The Bertz CT molecular complexity index is 1170. The number of carbonyl (C=O) groups is 2. The molecule has 0 aliphatic carbocycles. The van der Waals surface area contributed by atoms with E-state index >= 15 is 0 Å². The summed E-state index contributed by atoms with van der Waals surface area (Å²) in [7, 11) is 0. The van der Waals surface area contributed by atoms with E-state index in [0.29, 0.717) is 37.7 Å². The van der Waals surface area contributed by atoms with Crippen LogP contribution in [-0.4, -0.2) is 66.5 Å². The summed E-state index contributed by atoms with van der Waals surface area (Å²) >= 11 is 0. The zero-order chi connectivity index (χ0) is 22.8. The Balaban J connectivity index is 1.15. The van der Waals surface area contributed by atoms with E-state index in [0.717, 1.165) is 16.5 Å². The molecule has 0 saturated carbocycles. The van der Waals surface area contributed by atoms with Crippen molar-refractivity contribution in [2.75, 3.05) is 38.1 Å². The number of para-hydroxylation sites is 2. The van der Waals surface area contributed by atoms with Gasteiger partial charge in [-0.15, -0.1) is 0 Å².